The molecule has 4 aliphatic rings. The molecule has 174 valence electrons. The van der Waals surface area contributed by atoms with Crippen LogP contribution in [0.3, 0.4) is 0 Å². The van der Waals surface area contributed by atoms with E-state index in [9.17, 15) is 4.79 Å². The fourth-order valence-electron chi connectivity index (χ4n) is 6.32. The van der Waals surface area contributed by atoms with Crippen LogP contribution in [-0.2, 0) is 5.54 Å². The van der Waals surface area contributed by atoms with Gasteiger partial charge in [0.15, 0.2) is 0 Å². The molecule has 2 aliphatic carbocycles. The third-order valence-corrected chi connectivity index (χ3v) is 8.52. The van der Waals surface area contributed by atoms with E-state index in [1.54, 1.807) is 0 Å². The Kier molecular flexibility index (Phi) is 3.80. The number of hydrogen-bond donors (Lipinski definition) is 2. The lowest BCUT2D eigenvalue weighted by Gasteiger charge is -2.36. The van der Waals surface area contributed by atoms with Gasteiger partial charge >= 0.3 is 0 Å². The number of aromatic nitrogens is 4. The first-order valence-electron chi connectivity index (χ1n) is 12.7. The van der Waals surface area contributed by atoms with Crippen LogP contribution in [0.4, 0.5) is 0 Å². The molecule has 3 N–H and O–H groups in total. The topological polar surface area (TPSA) is 98.7 Å². The first kappa shape index (κ1) is 19.7. The Morgan fingerprint density at radius 2 is 1.89 bits per heavy atom. The van der Waals surface area contributed by atoms with Gasteiger partial charge in [-0.25, -0.2) is 15.0 Å². The quantitative estimate of drug-likeness (QED) is 0.468. The summed E-state index contributed by atoms with van der Waals surface area (Å²) in [6, 6.07) is 12.6. The number of nitrogens with zero attached hydrogens (tertiary/aromatic N) is 4. The average Bonchev–Trinajstić information content (AvgIpc) is 3.59. The molecular weight excluding hydrogens is 436 g/mol. The van der Waals surface area contributed by atoms with E-state index in [1.165, 1.54) is 24.0 Å². The van der Waals surface area contributed by atoms with Gasteiger partial charge in [-0.1, -0.05) is 18.2 Å². The minimum absolute atomic E-state index is 0.0235. The molecule has 2 aromatic carbocycles. The zero-order valence-electron chi connectivity index (χ0n) is 19.4. The molecule has 0 spiro atoms. The lowest BCUT2D eigenvalue weighted by Crippen LogP contribution is -2.44. The van der Waals surface area contributed by atoms with Gasteiger partial charge in [-0.05, 0) is 79.3 Å². The van der Waals surface area contributed by atoms with Gasteiger partial charge in [0.2, 0.25) is 0 Å². The highest BCUT2D eigenvalue weighted by Crippen LogP contribution is 2.50. The third kappa shape index (κ3) is 2.76. The highest BCUT2D eigenvalue weighted by atomic mass is 16.1. The molecule has 2 fully saturated rings. The minimum Gasteiger partial charge on any atom is -0.342 e. The standard InChI is InChI=1S/C28H26N6O/c29-28(9-2-10-28)27-30-13-17(14-31-27)16-7-8-20-22(11-16)34-23-12-21(25(34)32-20)33-26(35)19-4-1-3-18(24(19)23)15-5-6-15/h1,3-4,7-8,11,13-15,21,23H,2,5-6,9-10,12,29H2,(H,33,35)/t21-,23-/m1/s1. The van der Waals surface area contributed by atoms with Crippen molar-refractivity contribution in [2.75, 3.05) is 0 Å². The second-order valence-corrected chi connectivity index (χ2v) is 10.7. The van der Waals surface area contributed by atoms with Crippen molar-refractivity contribution < 1.29 is 4.79 Å². The Balaban J connectivity index is 1.26. The molecule has 2 aromatic heterocycles. The molecule has 4 aromatic rings. The van der Waals surface area contributed by atoms with Gasteiger partial charge in [-0.15, -0.1) is 0 Å². The zero-order valence-corrected chi connectivity index (χ0v) is 19.4. The summed E-state index contributed by atoms with van der Waals surface area (Å²) in [4.78, 5) is 27.3. The molecule has 35 heavy (non-hydrogen) atoms. The Hall–Kier alpha value is -3.58. The number of rotatable bonds is 3. The van der Waals surface area contributed by atoms with E-state index in [4.69, 9.17) is 10.7 Å². The predicted octanol–water partition coefficient (Wildman–Crippen LogP) is 4.49. The van der Waals surface area contributed by atoms with Gasteiger partial charge < -0.3 is 15.6 Å². The Morgan fingerprint density at radius 3 is 2.63 bits per heavy atom. The van der Waals surface area contributed by atoms with E-state index < -0.39 is 0 Å². The second kappa shape index (κ2) is 6.76. The lowest BCUT2D eigenvalue weighted by molar-refractivity contribution is 0.0938. The number of amides is 1. The maximum atomic E-state index is 13.1. The maximum absolute atomic E-state index is 13.1. The number of fused-ring (bicyclic) bond motifs is 9. The van der Waals surface area contributed by atoms with Crippen molar-refractivity contribution in [3.05, 3.63) is 77.1 Å². The normalized spacial score (nSPS) is 23.9. The van der Waals surface area contributed by atoms with Crippen molar-refractivity contribution in [1.29, 1.82) is 0 Å². The van der Waals surface area contributed by atoms with E-state index in [2.05, 4.69) is 44.1 Å². The Bertz CT molecular complexity index is 1530. The van der Waals surface area contributed by atoms with Crippen molar-refractivity contribution in [3.8, 4) is 11.1 Å². The third-order valence-electron chi connectivity index (χ3n) is 8.52. The maximum Gasteiger partial charge on any atom is 0.252 e. The van der Waals surface area contributed by atoms with Crippen LogP contribution in [0.5, 0.6) is 0 Å². The molecule has 2 aliphatic heterocycles. The summed E-state index contributed by atoms with van der Waals surface area (Å²) in [6.45, 7) is 0. The van der Waals surface area contributed by atoms with Crippen molar-refractivity contribution in [3.63, 3.8) is 0 Å². The van der Waals surface area contributed by atoms with Crippen LogP contribution in [0.1, 0.15) is 89.7 Å². The van der Waals surface area contributed by atoms with Crippen molar-refractivity contribution in [2.45, 2.75) is 62.1 Å². The summed E-state index contributed by atoms with van der Waals surface area (Å²) in [6.07, 6.45) is 10.1. The summed E-state index contributed by atoms with van der Waals surface area (Å²) in [5, 5.41) is 3.25. The molecule has 7 nitrogen and oxygen atoms in total. The Morgan fingerprint density at radius 1 is 1.06 bits per heavy atom. The van der Waals surface area contributed by atoms with Crippen molar-refractivity contribution >= 4 is 16.9 Å². The molecule has 0 saturated heterocycles. The smallest absolute Gasteiger partial charge is 0.252 e. The van der Waals surface area contributed by atoms with Gasteiger partial charge in [0.05, 0.1) is 28.7 Å². The summed E-state index contributed by atoms with van der Waals surface area (Å²) < 4.78 is 2.37. The highest BCUT2D eigenvalue weighted by Gasteiger charge is 2.43. The van der Waals surface area contributed by atoms with E-state index >= 15 is 0 Å². The van der Waals surface area contributed by atoms with Crippen LogP contribution in [0, 0.1) is 0 Å². The van der Waals surface area contributed by atoms with Crippen LogP contribution in [0.15, 0.2) is 48.8 Å². The summed E-state index contributed by atoms with van der Waals surface area (Å²) >= 11 is 0. The molecule has 2 saturated carbocycles. The molecule has 8 rings (SSSR count). The molecule has 0 unspecified atom stereocenters. The van der Waals surface area contributed by atoms with Gasteiger partial charge in [0.25, 0.3) is 5.91 Å². The van der Waals surface area contributed by atoms with Crippen LogP contribution >= 0.6 is 0 Å². The van der Waals surface area contributed by atoms with E-state index in [0.29, 0.717) is 5.92 Å². The highest BCUT2D eigenvalue weighted by molar-refractivity contribution is 5.97. The van der Waals surface area contributed by atoms with Gasteiger partial charge in [0.1, 0.15) is 11.6 Å². The average molecular weight is 463 g/mol. The van der Waals surface area contributed by atoms with E-state index in [-0.39, 0.29) is 23.5 Å². The number of benzene rings is 2. The van der Waals surface area contributed by atoms with Gasteiger partial charge in [0, 0.05) is 23.5 Å². The van der Waals surface area contributed by atoms with Crippen LogP contribution in [-0.4, -0.2) is 25.4 Å². The fraction of sp³-hybridized carbons (Fsp3) is 0.357. The molecule has 2 bridgehead atoms. The summed E-state index contributed by atoms with van der Waals surface area (Å²) in [7, 11) is 0. The fourth-order valence-corrected chi connectivity index (χ4v) is 6.32. The minimum atomic E-state index is -0.359. The molecule has 0 radical (unpaired) electrons. The van der Waals surface area contributed by atoms with E-state index in [1.807, 2.05) is 24.5 Å². The molecule has 1 amide bonds. The largest absolute Gasteiger partial charge is 0.342 e. The molecular formula is C28H26N6O. The monoisotopic (exact) mass is 462 g/mol. The number of nitrogens with one attached hydrogen (secondary N) is 1. The van der Waals surface area contributed by atoms with Crippen LogP contribution < -0.4 is 11.1 Å². The van der Waals surface area contributed by atoms with Crippen molar-refractivity contribution in [2.24, 2.45) is 5.73 Å². The second-order valence-electron chi connectivity index (χ2n) is 10.7. The number of nitrogens with two attached hydrogens (primary N) is 1. The van der Waals surface area contributed by atoms with Crippen LogP contribution in [0.2, 0.25) is 0 Å². The Labute approximate surface area is 202 Å². The first-order chi connectivity index (χ1) is 17.1. The molecule has 2 atom stereocenters. The number of carbonyl (C=O) groups is 1. The van der Waals surface area contributed by atoms with E-state index in [0.717, 1.165) is 65.1 Å². The zero-order chi connectivity index (χ0) is 23.3. The summed E-state index contributed by atoms with van der Waals surface area (Å²) in [5.74, 6) is 2.29. The first-order valence-corrected chi connectivity index (χ1v) is 12.7. The SMILES string of the molecule is NC1(c2ncc(-c3ccc4nc5n(c4c3)[C@@H]3C[C@H]5NC(=O)c4cccc(C5CC5)c43)cn2)CCC1. The molecule has 4 heterocycles. The number of imidazole rings is 1. The van der Waals surface area contributed by atoms with Crippen LogP contribution in [0.25, 0.3) is 22.2 Å². The van der Waals surface area contributed by atoms with Gasteiger partial charge in [-0.3, -0.25) is 4.79 Å². The molecule has 7 heteroatoms. The van der Waals surface area contributed by atoms with Crippen molar-refractivity contribution in [1.82, 2.24) is 24.8 Å². The van der Waals surface area contributed by atoms with Gasteiger partial charge in [-0.2, -0.15) is 0 Å². The lowest BCUT2D eigenvalue weighted by atomic mass is 9.77. The number of carbonyl (C=O) groups excluding carboxylic acids is 1. The summed E-state index contributed by atoms with van der Waals surface area (Å²) in [5.41, 5.74) is 13.5. The predicted molar refractivity (Wildman–Crippen MR) is 132 cm³/mol. The number of hydrogen-bond acceptors (Lipinski definition) is 5.